The minimum absolute atomic E-state index is 0.00842. The van der Waals surface area contributed by atoms with Gasteiger partial charge in [-0.15, -0.1) is 0 Å². The number of sulfone groups is 1. The Morgan fingerprint density at radius 3 is 2.43 bits per heavy atom. The van der Waals surface area contributed by atoms with Gasteiger partial charge in [-0.2, -0.15) is 8.78 Å². The molecule has 7 nitrogen and oxygen atoms in total. The molecule has 10 heteroatoms. The summed E-state index contributed by atoms with van der Waals surface area (Å²) in [6.07, 6.45) is 1.79. The number of nitrogens with zero attached hydrogens (tertiary/aromatic N) is 1. The van der Waals surface area contributed by atoms with Crippen LogP contribution < -0.4 is 4.74 Å². The van der Waals surface area contributed by atoms with Crippen LogP contribution >= 0.6 is 0 Å². The van der Waals surface area contributed by atoms with E-state index in [2.05, 4.69) is 4.74 Å². The summed E-state index contributed by atoms with van der Waals surface area (Å²) in [5, 5.41) is 0. The highest BCUT2D eigenvalue weighted by atomic mass is 32.2. The number of halogens is 2. The van der Waals surface area contributed by atoms with Crippen LogP contribution in [-0.4, -0.2) is 62.5 Å². The lowest BCUT2D eigenvalue weighted by Crippen LogP contribution is -2.44. The van der Waals surface area contributed by atoms with Crippen LogP contribution in [0.15, 0.2) is 30.3 Å². The van der Waals surface area contributed by atoms with E-state index in [0.717, 1.165) is 6.08 Å². The molecule has 1 amide bonds. The molecular formula is C18H21F2NO6S. The molecule has 154 valence electrons. The largest absolute Gasteiger partial charge is 0.449 e. The van der Waals surface area contributed by atoms with Crippen LogP contribution in [0.2, 0.25) is 0 Å². The van der Waals surface area contributed by atoms with E-state index in [-0.39, 0.29) is 17.3 Å². The Labute approximate surface area is 161 Å². The van der Waals surface area contributed by atoms with E-state index in [9.17, 15) is 26.8 Å². The number of alkyl halides is 2. The maximum atomic E-state index is 12.3. The van der Waals surface area contributed by atoms with Crippen molar-refractivity contribution < 1.29 is 36.3 Å². The average molecular weight is 417 g/mol. The Morgan fingerprint density at radius 2 is 1.89 bits per heavy atom. The molecule has 0 spiro atoms. The molecule has 0 N–H and O–H groups in total. The number of hydrogen-bond acceptors (Lipinski definition) is 6. The van der Waals surface area contributed by atoms with Crippen molar-refractivity contribution in [3.8, 4) is 5.75 Å². The number of amides is 1. The van der Waals surface area contributed by atoms with Crippen molar-refractivity contribution in [3.63, 3.8) is 0 Å². The van der Waals surface area contributed by atoms with Gasteiger partial charge in [0.05, 0.1) is 11.5 Å². The van der Waals surface area contributed by atoms with Gasteiger partial charge in [0.15, 0.2) is 15.9 Å². The first-order valence-electron chi connectivity index (χ1n) is 8.48. The van der Waals surface area contributed by atoms with E-state index in [1.54, 1.807) is 0 Å². The summed E-state index contributed by atoms with van der Waals surface area (Å²) < 4.78 is 56.5. The van der Waals surface area contributed by atoms with Crippen molar-refractivity contribution >= 4 is 27.8 Å². The molecule has 1 aliphatic rings. The summed E-state index contributed by atoms with van der Waals surface area (Å²) in [6.45, 7) is -1.51. The third-order valence-electron chi connectivity index (χ3n) is 4.26. The SMILES string of the molecule is C[C@H](OC(=O)/C=C/c1ccc(OC(F)F)cc1)C(=O)N(C)[C@@H]1CCS(=O)(=O)C1. The third kappa shape index (κ3) is 6.29. The second-order valence-corrected chi connectivity index (χ2v) is 8.59. The Hall–Kier alpha value is -2.49. The Bertz CT molecular complexity index is 838. The van der Waals surface area contributed by atoms with Gasteiger partial charge in [0.1, 0.15) is 5.75 Å². The molecule has 0 aliphatic carbocycles. The normalized spacial score (nSPS) is 19.5. The van der Waals surface area contributed by atoms with Gasteiger partial charge in [-0.25, -0.2) is 13.2 Å². The molecule has 1 aromatic carbocycles. The number of esters is 1. The van der Waals surface area contributed by atoms with Crippen molar-refractivity contribution in [1.29, 1.82) is 0 Å². The van der Waals surface area contributed by atoms with Gasteiger partial charge in [-0.1, -0.05) is 12.1 Å². The average Bonchev–Trinajstić information content (AvgIpc) is 2.99. The fraction of sp³-hybridized carbons (Fsp3) is 0.444. The van der Waals surface area contributed by atoms with Crippen LogP contribution in [0.5, 0.6) is 5.75 Å². The fourth-order valence-electron chi connectivity index (χ4n) is 2.74. The molecule has 1 aliphatic heterocycles. The van der Waals surface area contributed by atoms with Gasteiger partial charge in [0.2, 0.25) is 0 Å². The number of hydrogen-bond donors (Lipinski definition) is 0. The number of likely N-dealkylation sites (N-methyl/N-ethyl adjacent to an activating group) is 1. The van der Waals surface area contributed by atoms with Gasteiger partial charge in [-0.05, 0) is 37.1 Å². The number of ether oxygens (including phenoxy) is 2. The lowest BCUT2D eigenvalue weighted by Gasteiger charge is -2.26. The topological polar surface area (TPSA) is 90.0 Å². The molecule has 2 rings (SSSR count). The van der Waals surface area contributed by atoms with E-state index in [0.29, 0.717) is 12.0 Å². The molecule has 0 bridgehead atoms. The molecule has 0 saturated carbocycles. The molecule has 0 aromatic heterocycles. The molecule has 0 unspecified atom stereocenters. The van der Waals surface area contributed by atoms with E-state index in [1.165, 1.54) is 49.2 Å². The molecule has 1 fully saturated rings. The number of carbonyl (C=O) groups is 2. The van der Waals surface area contributed by atoms with E-state index < -0.39 is 40.5 Å². The summed E-state index contributed by atoms with van der Waals surface area (Å²) in [6, 6.07) is 5.18. The molecule has 1 aromatic rings. The van der Waals surface area contributed by atoms with E-state index in [1.807, 2.05) is 0 Å². The summed E-state index contributed by atoms with van der Waals surface area (Å²) in [4.78, 5) is 25.5. The predicted octanol–water partition coefficient (Wildman–Crippen LogP) is 1.88. The predicted molar refractivity (Wildman–Crippen MR) is 97.5 cm³/mol. The van der Waals surface area contributed by atoms with Crippen molar-refractivity contribution in [3.05, 3.63) is 35.9 Å². The van der Waals surface area contributed by atoms with E-state index >= 15 is 0 Å². The van der Waals surface area contributed by atoms with E-state index in [4.69, 9.17) is 4.74 Å². The minimum Gasteiger partial charge on any atom is -0.449 e. The molecular weight excluding hydrogens is 396 g/mol. The number of benzene rings is 1. The highest BCUT2D eigenvalue weighted by Gasteiger charge is 2.34. The van der Waals surface area contributed by atoms with Gasteiger partial charge < -0.3 is 14.4 Å². The second-order valence-electron chi connectivity index (χ2n) is 6.37. The maximum Gasteiger partial charge on any atom is 0.387 e. The van der Waals surface area contributed by atoms with Crippen LogP contribution in [0.3, 0.4) is 0 Å². The molecule has 28 heavy (non-hydrogen) atoms. The van der Waals surface area contributed by atoms with Crippen LogP contribution in [-0.2, 0) is 24.2 Å². The lowest BCUT2D eigenvalue weighted by molar-refractivity contribution is -0.155. The van der Waals surface area contributed by atoms with Crippen LogP contribution in [0, 0.1) is 0 Å². The van der Waals surface area contributed by atoms with Crippen LogP contribution in [0.4, 0.5) is 8.78 Å². The second kappa shape index (κ2) is 9.13. The molecule has 1 heterocycles. The number of rotatable bonds is 7. The summed E-state index contributed by atoms with van der Waals surface area (Å²) >= 11 is 0. The molecule has 0 radical (unpaired) electrons. The first kappa shape index (κ1) is 21.8. The molecule has 1 saturated heterocycles. The zero-order chi connectivity index (χ0) is 20.9. The quantitative estimate of drug-likeness (QED) is 0.497. The number of carbonyl (C=O) groups excluding carboxylic acids is 2. The van der Waals surface area contributed by atoms with Crippen molar-refractivity contribution in [2.45, 2.75) is 32.1 Å². The zero-order valence-corrected chi connectivity index (χ0v) is 16.2. The monoisotopic (exact) mass is 417 g/mol. The Morgan fingerprint density at radius 1 is 1.25 bits per heavy atom. The smallest absolute Gasteiger partial charge is 0.387 e. The lowest BCUT2D eigenvalue weighted by atomic mass is 10.2. The van der Waals surface area contributed by atoms with Crippen molar-refractivity contribution in [2.75, 3.05) is 18.6 Å². The highest BCUT2D eigenvalue weighted by molar-refractivity contribution is 7.91. The third-order valence-corrected chi connectivity index (χ3v) is 6.01. The van der Waals surface area contributed by atoms with Gasteiger partial charge in [-0.3, -0.25) is 4.79 Å². The van der Waals surface area contributed by atoms with Gasteiger partial charge in [0, 0.05) is 19.2 Å². The Balaban J connectivity index is 1.87. The summed E-state index contributed by atoms with van der Waals surface area (Å²) in [5.41, 5.74) is 0.547. The van der Waals surface area contributed by atoms with Crippen LogP contribution in [0.25, 0.3) is 6.08 Å². The standard InChI is InChI=1S/C18H21F2NO6S/c1-12(17(23)21(2)14-9-10-28(24,25)11-14)26-16(22)8-5-13-3-6-15(7-4-13)27-18(19)20/h3-8,12,14,18H,9-11H2,1-2H3/b8-5+/t12-,14+/m0/s1. The van der Waals surface area contributed by atoms with Crippen molar-refractivity contribution in [2.24, 2.45) is 0 Å². The molecule has 2 atom stereocenters. The maximum absolute atomic E-state index is 12.3. The Kier molecular flexibility index (Phi) is 7.11. The summed E-state index contributed by atoms with van der Waals surface area (Å²) in [5.74, 6) is -1.32. The zero-order valence-electron chi connectivity index (χ0n) is 15.4. The van der Waals surface area contributed by atoms with Crippen molar-refractivity contribution in [1.82, 2.24) is 4.90 Å². The van der Waals surface area contributed by atoms with Crippen LogP contribution in [0.1, 0.15) is 18.9 Å². The highest BCUT2D eigenvalue weighted by Crippen LogP contribution is 2.18. The van der Waals surface area contributed by atoms with Gasteiger partial charge >= 0.3 is 12.6 Å². The first-order chi connectivity index (χ1) is 13.1. The first-order valence-corrected chi connectivity index (χ1v) is 10.3. The summed E-state index contributed by atoms with van der Waals surface area (Å²) in [7, 11) is -1.65. The van der Waals surface area contributed by atoms with Gasteiger partial charge in [0.25, 0.3) is 5.91 Å². The minimum atomic E-state index is -3.14. The fourth-order valence-corrected chi connectivity index (χ4v) is 4.51.